The van der Waals surface area contributed by atoms with Crippen molar-refractivity contribution in [2.24, 2.45) is 7.05 Å². The van der Waals surface area contributed by atoms with Gasteiger partial charge in [0.05, 0.1) is 13.5 Å². The van der Waals surface area contributed by atoms with Crippen molar-refractivity contribution in [2.75, 3.05) is 12.4 Å². The molecule has 1 aromatic heterocycles. The van der Waals surface area contributed by atoms with Crippen molar-refractivity contribution in [3.63, 3.8) is 0 Å². The fourth-order valence-corrected chi connectivity index (χ4v) is 2.70. The molecule has 1 amide bonds. The number of ether oxygens (including phenoxy) is 1. The molecule has 0 atom stereocenters. The quantitative estimate of drug-likeness (QED) is 0.803. The molecule has 0 radical (unpaired) electrons. The largest absolute Gasteiger partial charge is 0.496 e. The number of rotatable bonds is 4. The first-order chi connectivity index (χ1) is 11.6. The highest BCUT2D eigenvalue weighted by molar-refractivity contribution is 6.02. The number of hydrogen-bond acceptors (Lipinski definition) is 3. The third-order valence-corrected chi connectivity index (χ3v) is 3.94. The Morgan fingerprint density at radius 3 is 2.67 bits per heavy atom. The monoisotopic (exact) mass is 322 g/mol. The number of nitrogens with one attached hydrogen (secondary N) is 1. The van der Waals surface area contributed by atoms with Crippen LogP contribution in [-0.2, 0) is 18.3 Å². The maximum absolute atomic E-state index is 12.4. The van der Waals surface area contributed by atoms with Gasteiger partial charge in [0.2, 0.25) is 5.91 Å². The van der Waals surface area contributed by atoms with Gasteiger partial charge in [-0.15, -0.1) is 0 Å². The summed E-state index contributed by atoms with van der Waals surface area (Å²) in [6.45, 7) is 0. The van der Waals surface area contributed by atoms with E-state index in [4.69, 9.17) is 4.74 Å². The summed E-state index contributed by atoms with van der Waals surface area (Å²) < 4.78 is 6.79. The highest BCUT2D eigenvalue weighted by atomic mass is 16.5. The van der Waals surface area contributed by atoms with E-state index < -0.39 is 0 Å². The van der Waals surface area contributed by atoms with Gasteiger partial charge in [-0.25, -0.2) is 0 Å². The molecule has 0 saturated heterocycles. The van der Waals surface area contributed by atoms with Crippen LogP contribution in [0.15, 0.2) is 59.5 Å². The summed E-state index contributed by atoms with van der Waals surface area (Å²) in [5, 5.41) is 4.20. The fraction of sp³-hybridized carbons (Fsp3) is 0.158. The number of aromatic nitrogens is 1. The Morgan fingerprint density at radius 2 is 1.88 bits per heavy atom. The molecule has 0 saturated carbocycles. The summed E-state index contributed by atoms with van der Waals surface area (Å²) in [5.74, 6) is 0.520. The van der Waals surface area contributed by atoms with E-state index in [0.717, 1.165) is 10.9 Å². The lowest BCUT2D eigenvalue weighted by molar-refractivity contribution is -0.115. The van der Waals surface area contributed by atoms with Gasteiger partial charge in [0, 0.05) is 35.3 Å². The normalized spacial score (nSPS) is 10.6. The molecular formula is C19H18N2O3. The van der Waals surface area contributed by atoms with E-state index in [9.17, 15) is 9.59 Å². The van der Waals surface area contributed by atoms with Gasteiger partial charge in [0.25, 0.3) is 5.56 Å². The second-order valence-corrected chi connectivity index (χ2v) is 5.54. The van der Waals surface area contributed by atoms with Crippen LogP contribution in [0, 0.1) is 0 Å². The topological polar surface area (TPSA) is 60.3 Å². The molecule has 0 fully saturated rings. The number of nitrogens with zero attached hydrogens (tertiary/aromatic N) is 1. The summed E-state index contributed by atoms with van der Waals surface area (Å²) >= 11 is 0. The number of hydrogen-bond donors (Lipinski definition) is 1. The molecule has 0 aliphatic heterocycles. The molecule has 0 aliphatic carbocycles. The summed E-state index contributed by atoms with van der Waals surface area (Å²) in [4.78, 5) is 24.6. The predicted octanol–water partition coefficient (Wildman–Crippen LogP) is 2.73. The number of anilines is 1. The molecule has 0 spiro atoms. The number of carbonyl (C=O) groups excluding carboxylic acids is 1. The van der Waals surface area contributed by atoms with Gasteiger partial charge >= 0.3 is 0 Å². The number of methoxy groups -OCH3 is 1. The molecule has 122 valence electrons. The second kappa shape index (κ2) is 6.58. The minimum absolute atomic E-state index is 0.0895. The third kappa shape index (κ3) is 3.01. The van der Waals surface area contributed by atoms with Gasteiger partial charge in [-0.3, -0.25) is 9.59 Å². The van der Waals surface area contributed by atoms with E-state index in [0.29, 0.717) is 16.8 Å². The van der Waals surface area contributed by atoms with Gasteiger partial charge in [-0.05, 0) is 24.3 Å². The van der Waals surface area contributed by atoms with E-state index in [1.165, 1.54) is 4.57 Å². The second-order valence-electron chi connectivity index (χ2n) is 5.54. The van der Waals surface area contributed by atoms with E-state index in [2.05, 4.69) is 5.32 Å². The standard InChI is InChI=1S/C19H18N2O3/c1-21-11-10-14-15(19(21)23)7-5-8-16(14)20-18(22)12-13-6-3-4-9-17(13)24-2/h3-11H,12H2,1-2H3,(H,20,22). The Hall–Kier alpha value is -3.08. The number of para-hydroxylation sites is 1. The average molecular weight is 322 g/mol. The van der Waals surface area contributed by atoms with Crippen LogP contribution in [-0.4, -0.2) is 17.6 Å². The molecule has 1 N–H and O–H groups in total. The van der Waals surface area contributed by atoms with E-state index in [1.54, 1.807) is 38.6 Å². The lowest BCUT2D eigenvalue weighted by Gasteiger charge is -2.11. The van der Waals surface area contributed by atoms with Crippen LogP contribution < -0.4 is 15.6 Å². The Labute approximate surface area is 139 Å². The van der Waals surface area contributed by atoms with E-state index >= 15 is 0 Å². The maximum Gasteiger partial charge on any atom is 0.258 e. The number of carbonyl (C=O) groups is 1. The highest BCUT2D eigenvalue weighted by Gasteiger charge is 2.11. The maximum atomic E-state index is 12.4. The zero-order chi connectivity index (χ0) is 17.1. The van der Waals surface area contributed by atoms with E-state index in [1.807, 2.05) is 30.3 Å². The lowest BCUT2D eigenvalue weighted by Crippen LogP contribution is -2.18. The molecule has 5 heteroatoms. The van der Waals surface area contributed by atoms with Crippen molar-refractivity contribution in [1.82, 2.24) is 4.57 Å². The third-order valence-electron chi connectivity index (χ3n) is 3.94. The zero-order valence-corrected chi connectivity index (χ0v) is 13.6. The average Bonchev–Trinajstić information content (AvgIpc) is 2.59. The molecule has 3 aromatic rings. The number of fused-ring (bicyclic) bond motifs is 1. The molecule has 0 aliphatic rings. The number of pyridine rings is 1. The van der Waals surface area contributed by atoms with Crippen LogP contribution in [0.2, 0.25) is 0 Å². The summed E-state index contributed by atoms with van der Waals surface area (Å²) in [6.07, 6.45) is 1.89. The minimum atomic E-state index is -0.160. The van der Waals surface area contributed by atoms with Crippen molar-refractivity contribution in [2.45, 2.75) is 6.42 Å². The number of aryl methyl sites for hydroxylation is 1. The first-order valence-corrected chi connectivity index (χ1v) is 7.60. The molecular weight excluding hydrogens is 304 g/mol. The van der Waals surface area contributed by atoms with Crippen molar-refractivity contribution in [1.29, 1.82) is 0 Å². The van der Waals surface area contributed by atoms with Crippen LogP contribution in [0.25, 0.3) is 10.8 Å². The predicted molar refractivity (Wildman–Crippen MR) is 94.5 cm³/mol. The van der Waals surface area contributed by atoms with Crippen molar-refractivity contribution in [3.05, 3.63) is 70.6 Å². The summed E-state index contributed by atoms with van der Waals surface area (Å²) in [6, 6.07) is 14.6. The Bertz CT molecular complexity index is 960. The van der Waals surface area contributed by atoms with Crippen LogP contribution in [0.5, 0.6) is 5.75 Å². The van der Waals surface area contributed by atoms with Crippen LogP contribution in [0.1, 0.15) is 5.56 Å². The van der Waals surface area contributed by atoms with Gasteiger partial charge in [0.15, 0.2) is 0 Å². The van der Waals surface area contributed by atoms with Gasteiger partial charge in [-0.1, -0.05) is 24.3 Å². The fourth-order valence-electron chi connectivity index (χ4n) is 2.70. The molecule has 0 bridgehead atoms. The Kier molecular flexibility index (Phi) is 4.33. The SMILES string of the molecule is COc1ccccc1CC(=O)Nc1cccc2c(=O)n(C)ccc12. The molecule has 0 unspecified atom stereocenters. The molecule has 3 rings (SSSR count). The van der Waals surface area contributed by atoms with Crippen molar-refractivity contribution >= 4 is 22.4 Å². The Balaban J connectivity index is 1.89. The minimum Gasteiger partial charge on any atom is -0.496 e. The highest BCUT2D eigenvalue weighted by Crippen LogP contribution is 2.22. The molecule has 2 aromatic carbocycles. The van der Waals surface area contributed by atoms with E-state index in [-0.39, 0.29) is 17.9 Å². The van der Waals surface area contributed by atoms with Gasteiger partial charge < -0.3 is 14.6 Å². The molecule has 5 nitrogen and oxygen atoms in total. The van der Waals surface area contributed by atoms with Gasteiger partial charge in [0.1, 0.15) is 5.75 Å². The van der Waals surface area contributed by atoms with Crippen LogP contribution in [0.3, 0.4) is 0 Å². The number of amides is 1. The van der Waals surface area contributed by atoms with Gasteiger partial charge in [-0.2, -0.15) is 0 Å². The summed E-state index contributed by atoms with van der Waals surface area (Å²) in [5.41, 5.74) is 1.35. The van der Waals surface area contributed by atoms with Crippen molar-refractivity contribution < 1.29 is 9.53 Å². The Morgan fingerprint density at radius 1 is 1.08 bits per heavy atom. The first kappa shape index (κ1) is 15.8. The first-order valence-electron chi connectivity index (χ1n) is 7.60. The molecule has 24 heavy (non-hydrogen) atoms. The van der Waals surface area contributed by atoms with Crippen LogP contribution >= 0.6 is 0 Å². The van der Waals surface area contributed by atoms with Crippen LogP contribution in [0.4, 0.5) is 5.69 Å². The lowest BCUT2D eigenvalue weighted by atomic mass is 10.1. The van der Waals surface area contributed by atoms with Crippen molar-refractivity contribution in [3.8, 4) is 5.75 Å². The zero-order valence-electron chi connectivity index (χ0n) is 13.6. The smallest absolute Gasteiger partial charge is 0.258 e. The summed E-state index contributed by atoms with van der Waals surface area (Å²) in [7, 11) is 3.28. The number of benzene rings is 2. The molecule has 1 heterocycles.